The van der Waals surface area contributed by atoms with E-state index in [0.717, 1.165) is 37.0 Å². The van der Waals surface area contributed by atoms with Gasteiger partial charge < -0.3 is 4.90 Å². The summed E-state index contributed by atoms with van der Waals surface area (Å²) in [6.07, 6.45) is 13.0. The molecule has 0 aliphatic carbocycles. The third-order valence-corrected chi connectivity index (χ3v) is 4.66. The largest absolute Gasteiger partial charge is 0.334 e. The molecule has 0 radical (unpaired) electrons. The first-order valence-corrected chi connectivity index (χ1v) is 9.20. The van der Waals surface area contributed by atoms with Crippen LogP contribution in [0.3, 0.4) is 0 Å². The quantitative estimate of drug-likeness (QED) is 0.427. The first-order valence-electron chi connectivity index (χ1n) is 8.21. The summed E-state index contributed by atoms with van der Waals surface area (Å²) in [7, 11) is 0. The van der Waals surface area contributed by atoms with E-state index in [1.54, 1.807) is 4.90 Å². The fraction of sp³-hybridized carbons (Fsp3) is 0.875. The number of carbonyl (C=O) groups is 2. The van der Waals surface area contributed by atoms with Gasteiger partial charge in [0.05, 0.1) is 0 Å². The second-order valence-electron chi connectivity index (χ2n) is 5.61. The van der Waals surface area contributed by atoms with Crippen molar-refractivity contribution in [1.29, 1.82) is 0 Å². The maximum atomic E-state index is 11.6. The Morgan fingerprint density at radius 1 is 0.900 bits per heavy atom. The fourth-order valence-electron chi connectivity index (χ4n) is 2.54. The van der Waals surface area contributed by atoms with Crippen LogP contribution < -0.4 is 0 Å². The fourth-order valence-corrected chi connectivity index (χ4v) is 3.29. The average molecular weight is 299 g/mol. The molecule has 0 aromatic heterocycles. The summed E-state index contributed by atoms with van der Waals surface area (Å²) in [5.41, 5.74) is 0. The van der Waals surface area contributed by atoms with Gasteiger partial charge in [0.15, 0.2) is 0 Å². The van der Waals surface area contributed by atoms with Crippen LogP contribution in [0.1, 0.15) is 71.1 Å². The highest BCUT2D eigenvalue weighted by atomic mass is 32.2. The molecule has 1 saturated heterocycles. The van der Waals surface area contributed by atoms with E-state index in [-0.39, 0.29) is 11.0 Å². The maximum absolute atomic E-state index is 11.6. The van der Waals surface area contributed by atoms with Gasteiger partial charge in [-0.1, -0.05) is 76.5 Å². The summed E-state index contributed by atoms with van der Waals surface area (Å²) in [4.78, 5) is 24.6. The van der Waals surface area contributed by atoms with Gasteiger partial charge in [-0.05, 0) is 6.42 Å². The Bertz CT molecular complexity index is 294. The van der Waals surface area contributed by atoms with Crippen molar-refractivity contribution in [3.63, 3.8) is 0 Å². The number of rotatable bonds is 11. The van der Waals surface area contributed by atoms with Gasteiger partial charge in [0.25, 0.3) is 5.12 Å². The Morgan fingerprint density at radius 2 is 1.45 bits per heavy atom. The molecule has 20 heavy (non-hydrogen) atoms. The van der Waals surface area contributed by atoms with Crippen LogP contribution in [0.4, 0.5) is 0 Å². The number of carbonyl (C=O) groups excluding carboxylic acids is 2. The molecular formula is C16H29NO2S. The minimum absolute atomic E-state index is 0.275. The van der Waals surface area contributed by atoms with Gasteiger partial charge in [0.1, 0.15) is 0 Å². The summed E-state index contributed by atoms with van der Waals surface area (Å²) in [6, 6.07) is 0. The lowest BCUT2D eigenvalue weighted by Crippen LogP contribution is -2.41. The molecule has 0 N–H and O–H groups in total. The summed E-state index contributed by atoms with van der Waals surface area (Å²) in [5.74, 6) is 0.486. The van der Waals surface area contributed by atoms with E-state index in [4.69, 9.17) is 0 Å². The van der Waals surface area contributed by atoms with Gasteiger partial charge in [0, 0.05) is 18.8 Å². The van der Waals surface area contributed by atoms with E-state index in [1.807, 2.05) is 0 Å². The minimum atomic E-state index is -0.280. The SMILES string of the molecule is CCCCCCCCCCCCN1CCSC(=O)C1=O. The van der Waals surface area contributed by atoms with Crippen LogP contribution in [0.2, 0.25) is 0 Å². The summed E-state index contributed by atoms with van der Waals surface area (Å²) in [5, 5.41) is -0.275. The molecular weight excluding hydrogens is 270 g/mol. The number of amides is 1. The zero-order valence-electron chi connectivity index (χ0n) is 12.9. The van der Waals surface area contributed by atoms with E-state index >= 15 is 0 Å². The van der Waals surface area contributed by atoms with Crippen LogP contribution in [0, 0.1) is 0 Å². The number of thioether (sulfide) groups is 1. The third kappa shape index (κ3) is 7.32. The molecule has 0 saturated carbocycles. The van der Waals surface area contributed by atoms with Crippen LogP contribution in [-0.4, -0.2) is 34.8 Å². The van der Waals surface area contributed by atoms with Crippen molar-refractivity contribution in [2.45, 2.75) is 71.1 Å². The van der Waals surface area contributed by atoms with Crippen LogP contribution in [0.5, 0.6) is 0 Å². The Balaban J connectivity index is 1.89. The summed E-state index contributed by atoms with van der Waals surface area (Å²) in [6.45, 7) is 3.76. The second-order valence-corrected chi connectivity index (χ2v) is 6.68. The van der Waals surface area contributed by atoms with Gasteiger partial charge >= 0.3 is 5.91 Å². The highest BCUT2D eigenvalue weighted by Gasteiger charge is 2.26. The maximum Gasteiger partial charge on any atom is 0.301 e. The van der Waals surface area contributed by atoms with Gasteiger partial charge in [-0.25, -0.2) is 0 Å². The molecule has 0 atom stereocenters. The molecule has 116 valence electrons. The molecule has 1 aliphatic heterocycles. The first kappa shape index (κ1) is 17.5. The first-order chi connectivity index (χ1) is 9.75. The van der Waals surface area contributed by atoms with E-state index in [2.05, 4.69) is 6.92 Å². The Hall–Kier alpha value is -0.510. The lowest BCUT2D eigenvalue weighted by atomic mass is 10.1. The van der Waals surface area contributed by atoms with Crippen molar-refractivity contribution in [2.24, 2.45) is 0 Å². The molecule has 0 aromatic carbocycles. The number of nitrogens with zero attached hydrogens (tertiary/aromatic N) is 1. The molecule has 3 nitrogen and oxygen atoms in total. The van der Waals surface area contributed by atoms with Crippen molar-refractivity contribution >= 4 is 22.8 Å². The Kier molecular flexibility index (Phi) is 9.81. The minimum Gasteiger partial charge on any atom is -0.334 e. The summed E-state index contributed by atoms with van der Waals surface area (Å²) < 4.78 is 0. The monoisotopic (exact) mass is 299 g/mol. The third-order valence-electron chi connectivity index (χ3n) is 3.84. The number of hydrogen-bond donors (Lipinski definition) is 0. The molecule has 1 amide bonds. The van der Waals surface area contributed by atoms with Crippen LogP contribution >= 0.6 is 11.8 Å². The smallest absolute Gasteiger partial charge is 0.301 e. The highest BCUT2D eigenvalue weighted by molar-refractivity contribution is 8.15. The molecule has 4 heteroatoms. The second kappa shape index (κ2) is 11.2. The number of unbranched alkanes of at least 4 members (excludes halogenated alkanes) is 9. The molecule has 0 bridgehead atoms. The molecule has 1 fully saturated rings. The van der Waals surface area contributed by atoms with E-state index in [9.17, 15) is 9.59 Å². The van der Waals surface area contributed by atoms with Gasteiger partial charge in [-0.3, -0.25) is 9.59 Å². The van der Waals surface area contributed by atoms with Crippen LogP contribution in [0.15, 0.2) is 0 Å². The van der Waals surface area contributed by atoms with Gasteiger partial charge in [-0.2, -0.15) is 0 Å². The zero-order chi connectivity index (χ0) is 14.6. The average Bonchev–Trinajstić information content (AvgIpc) is 2.45. The Morgan fingerprint density at radius 3 is 2.05 bits per heavy atom. The molecule has 0 aromatic rings. The normalized spacial score (nSPS) is 15.9. The molecule has 1 aliphatic rings. The van der Waals surface area contributed by atoms with Gasteiger partial charge in [0.2, 0.25) is 0 Å². The standard InChI is InChI=1S/C16H29NO2S/c1-2-3-4-5-6-7-8-9-10-11-12-17-13-14-20-16(19)15(17)18/h2-14H2,1H3. The molecule has 0 spiro atoms. The van der Waals surface area contributed by atoms with Crippen molar-refractivity contribution in [3.8, 4) is 0 Å². The predicted octanol–water partition coefficient (Wildman–Crippen LogP) is 4.01. The lowest BCUT2D eigenvalue weighted by Gasteiger charge is -2.24. The lowest BCUT2D eigenvalue weighted by molar-refractivity contribution is -0.140. The van der Waals surface area contributed by atoms with Crippen molar-refractivity contribution in [3.05, 3.63) is 0 Å². The van der Waals surface area contributed by atoms with E-state index in [0.29, 0.717) is 0 Å². The zero-order valence-corrected chi connectivity index (χ0v) is 13.7. The Labute approximate surface area is 127 Å². The van der Waals surface area contributed by atoms with Crippen molar-refractivity contribution in [2.75, 3.05) is 18.8 Å². The topological polar surface area (TPSA) is 37.4 Å². The van der Waals surface area contributed by atoms with Crippen molar-refractivity contribution < 1.29 is 9.59 Å². The van der Waals surface area contributed by atoms with Gasteiger partial charge in [-0.15, -0.1) is 0 Å². The van der Waals surface area contributed by atoms with Crippen LogP contribution in [-0.2, 0) is 9.59 Å². The predicted molar refractivity (Wildman–Crippen MR) is 85.9 cm³/mol. The van der Waals surface area contributed by atoms with E-state index in [1.165, 1.54) is 57.8 Å². The summed E-state index contributed by atoms with van der Waals surface area (Å²) >= 11 is 1.16. The molecule has 1 heterocycles. The van der Waals surface area contributed by atoms with E-state index < -0.39 is 0 Å². The molecule has 1 rings (SSSR count). The van der Waals surface area contributed by atoms with Crippen LogP contribution in [0.25, 0.3) is 0 Å². The molecule has 0 unspecified atom stereocenters. The highest BCUT2D eigenvalue weighted by Crippen LogP contribution is 2.15. The number of hydrogen-bond acceptors (Lipinski definition) is 3. The van der Waals surface area contributed by atoms with Crippen molar-refractivity contribution in [1.82, 2.24) is 4.90 Å².